The molecule has 8 nitrogen and oxygen atoms in total. The highest BCUT2D eigenvalue weighted by Gasteiger charge is 2.55. The molecule has 0 aliphatic carbocycles. The second-order valence-electron chi connectivity index (χ2n) is 8.16. The molecule has 0 fully saturated rings. The van der Waals surface area contributed by atoms with Crippen LogP contribution in [0.4, 0.5) is 13.2 Å². The summed E-state index contributed by atoms with van der Waals surface area (Å²) in [5.41, 5.74) is 0.331. The van der Waals surface area contributed by atoms with Crippen molar-refractivity contribution < 1.29 is 29.2 Å². The second kappa shape index (κ2) is 9.14. The van der Waals surface area contributed by atoms with Crippen LogP contribution in [0.3, 0.4) is 0 Å². The Morgan fingerprint density at radius 2 is 1.97 bits per heavy atom. The number of fused-ring (bicyclic) bond motifs is 1. The van der Waals surface area contributed by atoms with Gasteiger partial charge in [0.15, 0.2) is 0 Å². The summed E-state index contributed by atoms with van der Waals surface area (Å²) in [4.78, 5) is 17.0. The molecular weight excluding hydrogens is 463 g/mol. The summed E-state index contributed by atoms with van der Waals surface area (Å²) in [6, 6.07) is 8.98. The van der Waals surface area contributed by atoms with Crippen LogP contribution < -0.4 is 0 Å². The van der Waals surface area contributed by atoms with Crippen molar-refractivity contribution in [3.63, 3.8) is 0 Å². The average molecular weight is 489 g/mol. The fourth-order valence-corrected chi connectivity index (χ4v) is 3.87. The van der Waals surface area contributed by atoms with Gasteiger partial charge in [-0.15, -0.1) is 5.10 Å². The molecule has 0 spiro atoms. The third-order valence-corrected chi connectivity index (χ3v) is 5.81. The maximum atomic E-state index is 13.4. The summed E-state index contributed by atoms with van der Waals surface area (Å²) < 4.78 is 48.3. The molecule has 0 bridgehead atoms. The number of hydrogen-bond donors (Lipinski definition) is 1. The van der Waals surface area contributed by atoms with Gasteiger partial charge in [-0.25, -0.2) is 9.48 Å². The Bertz CT molecular complexity index is 1370. The van der Waals surface area contributed by atoms with Crippen molar-refractivity contribution in [2.75, 3.05) is 6.61 Å². The van der Waals surface area contributed by atoms with Crippen molar-refractivity contribution in [3.05, 3.63) is 71.4 Å². The number of hydrogen-bond acceptors (Lipinski definition) is 6. The monoisotopic (exact) mass is 489 g/mol. The molecule has 0 saturated heterocycles. The van der Waals surface area contributed by atoms with Crippen molar-refractivity contribution in [1.29, 1.82) is 0 Å². The Balaban J connectivity index is 0.00000361. The lowest BCUT2D eigenvalue weighted by Gasteiger charge is -2.26. The Hall–Kier alpha value is -3.73. The topological polar surface area (TPSA) is 94.5 Å². The highest BCUT2D eigenvalue weighted by Crippen LogP contribution is 2.40. The van der Waals surface area contributed by atoms with E-state index in [1.54, 1.807) is 37.5 Å². The Kier molecular flexibility index (Phi) is 6.37. The van der Waals surface area contributed by atoms with Crippen molar-refractivity contribution in [2.45, 2.75) is 45.5 Å². The van der Waals surface area contributed by atoms with Crippen LogP contribution in [0.5, 0.6) is 0 Å². The smallest absolute Gasteiger partial charge is 0.423 e. The number of ether oxygens (including phenoxy) is 1. The maximum Gasteiger partial charge on any atom is 0.423 e. The average Bonchev–Trinajstić information content (AvgIpc) is 3.43. The molecule has 0 aromatic carbocycles. The van der Waals surface area contributed by atoms with Gasteiger partial charge in [-0.1, -0.05) is 12.1 Å². The molecule has 0 aliphatic heterocycles. The second-order valence-corrected chi connectivity index (χ2v) is 8.16. The quantitative estimate of drug-likeness (QED) is 0.383. The minimum atomic E-state index is -4.88. The molecule has 1 unspecified atom stereocenters. The van der Waals surface area contributed by atoms with E-state index < -0.39 is 29.9 Å². The number of aliphatic hydroxyl groups is 1. The van der Waals surface area contributed by atoms with Crippen LogP contribution in [0.15, 0.2) is 48.9 Å². The van der Waals surface area contributed by atoms with Crippen LogP contribution in [0.2, 0.25) is 0 Å². The molecule has 0 aliphatic rings. The third kappa shape index (κ3) is 4.51. The first kappa shape index (κ1) is 24.4. The third-order valence-electron chi connectivity index (χ3n) is 5.81. The van der Waals surface area contributed by atoms with E-state index in [0.29, 0.717) is 22.3 Å². The molecule has 4 rings (SSSR count). The largest absolute Gasteiger partial charge is 0.462 e. The molecule has 11 heteroatoms. The highest BCUT2D eigenvalue weighted by atomic mass is 19.4. The lowest BCUT2D eigenvalue weighted by atomic mass is 9.96. The van der Waals surface area contributed by atoms with Gasteiger partial charge in [0.1, 0.15) is 5.69 Å². The SMILES string of the molecule is CCOC(=O)c1cc2cc(Cn3cc(C(O)(CC)C(F)(F)F)nn3)ccn2c1-c1ccc(C)nc1.[HH]. The standard InChI is InChI=1S/C24H24F3N5O3.H2/c1-4-23(34,24(25,26)27)20-14-31(30-29-20)13-16-8-9-32-18(10-16)11-19(22(33)35-5-2)21(32)17-7-6-15(3)28-12-17;/h6-12,14,34H,4-5,13H2,1-3H3;1H. The van der Waals surface area contributed by atoms with E-state index in [-0.39, 0.29) is 14.6 Å². The van der Waals surface area contributed by atoms with Gasteiger partial charge in [-0.2, -0.15) is 13.2 Å². The Morgan fingerprint density at radius 1 is 1.20 bits per heavy atom. The molecule has 0 radical (unpaired) electrons. The lowest BCUT2D eigenvalue weighted by molar-refractivity contribution is -0.269. The van der Waals surface area contributed by atoms with Gasteiger partial charge in [0.2, 0.25) is 5.60 Å². The number of halogens is 3. The van der Waals surface area contributed by atoms with E-state index in [4.69, 9.17) is 4.74 Å². The van der Waals surface area contributed by atoms with Crippen molar-refractivity contribution in [1.82, 2.24) is 24.4 Å². The van der Waals surface area contributed by atoms with Crippen molar-refractivity contribution >= 4 is 11.5 Å². The molecule has 1 N–H and O–H groups in total. The normalized spacial score (nSPS) is 13.7. The minimum Gasteiger partial charge on any atom is -0.462 e. The lowest BCUT2D eigenvalue weighted by Crippen LogP contribution is -2.42. The van der Waals surface area contributed by atoms with Gasteiger partial charge in [-0.05, 0) is 56.2 Å². The Labute approximate surface area is 200 Å². The predicted molar refractivity (Wildman–Crippen MR) is 123 cm³/mol. The van der Waals surface area contributed by atoms with Crippen molar-refractivity contribution in [3.8, 4) is 11.3 Å². The van der Waals surface area contributed by atoms with Crippen LogP contribution >= 0.6 is 0 Å². The predicted octanol–water partition coefficient (Wildman–Crippen LogP) is 4.53. The number of nitrogens with zero attached hydrogens (tertiary/aromatic N) is 5. The number of alkyl halides is 3. The summed E-state index contributed by atoms with van der Waals surface area (Å²) in [6.45, 7) is 5.16. The highest BCUT2D eigenvalue weighted by molar-refractivity contribution is 5.99. The fourth-order valence-electron chi connectivity index (χ4n) is 3.87. The fraction of sp³-hybridized carbons (Fsp3) is 0.333. The first-order valence-corrected chi connectivity index (χ1v) is 11.0. The van der Waals surface area contributed by atoms with E-state index in [1.165, 1.54) is 11.6 Å². The van der Waals surface area contributed by atoms with Crippen LogP contribution in [0.1, 0.15) is 49.0 Å². The summed E-state index contributed by atoms with van der Waals surface area (Å²) in [6.07, 6.45) is -0.928. The maximum absolute atomic E-state index is 13.4. The number of carbonyl (C=O) groups is 1. The molecule has 186 valence electrons. The van der Waals surface area contributed by atoms with Gasteiger partial charge in [0.25, 0.3) is 0 Å². The number of aromatic nitrogens is 5. The van der Waals surface area contributed by atoms with E-state index in [2.05, 4.69) is 15.3 Å². The zero-order valence-electron chi connectivity index (χ0n) is 19.4. The molecule has 35 heavy (non-hydrogen) atoms. The molecule has 0 saturated carbocycles. The number of rotatable bonds is 7. The minimum absolute atomic E-state index is 0. The van der Waals surface area contributed by atoms with Gasteiger partial charge in [-0.3, -0.25) is 4.98 Å². The number of carbonyl (C=O) groups excluding carboxylic acids is 1. The number of pyridine rings is 2. The van der Waals surface area contributed by atoms with Gasteiger partial charge in [0, 0.05) is 30.6 Å². The first-order valence-electron chi connectivity index (χ1n) is 11.0. The van der Waals surface area contributed by atoms with Gasteiger partial charge < -0.3 is 14.2 Å². The van der Waals surface area contributed by atoms with E-state index >= 15 is 0 Å². The van der Waals surface area contributed by atoms with Crippen LogP contribution in [0, 0.1) is 6.92 Å². The summed E-state index contributed by atoms with van der Waals surface area (Å²) in [7, 11) is 0. The van der Waals surface area contributed by atoms with Crippen LogP contribution in [0.25, 0.3) is 16.8 Å². The molecule has 4 aromatic rings. The zero-order chi connectivity index (χ0) is 25.4. The van der Waals surface area contributed by atoms with E-state index in [0.717, 1.165) is 17.5 Å². The summed E-state index contributed by atoms with van der Waals surface area (Å²) in [5, 5.41) is 17.4. The number of esters is 1. The molecule has 1 atom stereocenters. The van der Waals surface area contributed by atoms with Gasteiger partial charge >= 0.3 is 12.1 Å². The first-order chi connectivity index (χ1) is 16.6. The van der Waals surface area contributed by atoms with Crippen LogP contribution in [-0.2, 0) is 16.9 Å². The molecular formula is C24H26F3N5O3. The van der Waals surface area contributed by atoms with E-state index in [9.17, 15) is 23.1 Å². The number of aryl methyl sites for hydroxylation is 1. The van der Waals surface area contributed by atoms with E-state index in [1.807, 2.05) is 23.5 Å². The molecule has 4 heterocycles. The molecule has 0 amide bonds. The summed E-state index contributed by atoms with van der Waals surface area (Å²) >= 11 is 0. The zero-order valence-corrected chi connectivity index (χ0v) is 19.4. The molecule has 4 aromatic heterocycles. The van der Waals surface area contributed by atoms with Gasteiger partial charge in [0.05, 0.1) is 30.6 Å². The summed E-state index contributed by atoms with van der Waals surface area (Å²) in [5.74, 6) is -0.472. The van der Waals surface area contributed by atoms with Crippen LogP contribution in [-0.4, -0.2) is 48.2 Å². The van der Waals surface area contributed by atoms with Crippen molar-refractivity contribution in [2.24, 2.45) is 0 Å². The Morgan fingerprint density at radius 3 is 2.60 bits per heavy atom.